The van der Waals surface area contributed by atoms with Crippen LogP contribution in [0.5, 0.6) is 0 Å². The monoisotopic (exact) mass is 246 g/mol. The second-order valence-corrected chi connectivity index (χ2v) is 4.96. The van der Waals surface area contributed by atoms with Gasteiger partial charge in [-0.1, -0.05) is 37.3 Å². The maximum absolute atomic E-state index is 12.6. The van der Waals surface area contributed by atoms with Crippen molar-refractivity contribution in [2.24, 2.45) is 0 Å². The number of nitrogens with zero attached hydrogens (tertiary/aromatic N) is 1. The van der Waals surface area contributed by atoms with E-state index in [1.807, 2.05) is 23.1 Å². The molecule has 1 aliphatic heterocycles. The lowest BCUT2D eigenvalue weighted by Gasteiger charge is -2.36. The molecule has 1 aromatic rings. The number of carbonyl (C=O) groups excluding carboxylic acids is 1. The number of benzene rings is 1. The molecular weight excluding hydrogens is 224 g/mol. The van der Waals surface area contributed by atoms with Crippen molar-refractivity contribution in [2.75, 3.05) is 19.6 Å². The molecule has 1 aromatic carbocycles. The number of hydrogen-bond donors (Lipinski definition) is 1. The zero-order valence-electron chi connectivity index (χ0n) is 11.2. The largest absolute Gasteiger partial charge is 0.337 e. The molecule has 1 amide bonds. The summed E-state index contributed by atoms with van der Waals surface area (Å²) in [6, 6.07) is 10.4. The molecule has 0 aliphatic carbocycles. The lowest BCUT2D eigenvalue weighted by molar-refractivity contribution is -0.135. The van der Waals surface area contributed by atoms with Crippen molar-refractivity contribution in [1.82, 2.24) is 10.2 Å². The van der Waals surface area contributed by atoms with Crippen LogP contribution in [0.3, 0.4) is 0 Å². The molecule has 1 saturated heterocycles. The summed E-state index contributed by atoms with van der Waals surface area (Å²) in [5, 5.41) is 3.32. The molecule has 2 atom stereocenters. The third-order valence-electron chi connectivity index (χ3n) is 3.69. The quantitative estimate of drug-likeness (QED) is 0.884. The molecule has 0 unspecified atom stereocenters. The van der Waals surface area contributed by atoms with Gasteiger partial charge in [-0.25, -0.2) is 0 Å². The average Bonchev–Trinajstić information content (AvgIpc) is 2.41. The minimum Gasteiger partial charge on any atom is -0.337 e. The summed E-state index contributed by atoms with van der Waals surface area (Å²) in [4.78, 5) is 14.7. The van der Waals surface area contributed by atoms with Gasteiger partial charge in [0.2, 0.25) is 5.91 Å². The summed E-state index contributed by atoms with van der Waals surface area (Å²) in [5.41, 5.74) is 1.13. The van der Waals surface area contributed by atoms with Gasteiger partial charge in [-0.15, -0.1) is 0 Å². The summed E-state index contributed by atoms with van der Waals surface area (Å²) >= 11 is 0. The highest BCUT2D eigenvalue weighted by Gasteiger charge is 2.28. The molecule has 0 saturated carbocycles. The molecule has 98 valence electrons. The van der Waals surface area contributed by atoms with E-state index in [9.17, 15) is 4.79 Å². The minimum atomic E-state index is 0.00625. The third-order valence-corrected chi connectivity index (χ3v) is 3.69. The van der Waals surface area contributed by atoms with Gasteiger partial charge in [0, 0.05) is 25.7 Å². The van der Waals surface area contributed by atoms with Gasteiger partial charge in [-0.05, 0) is 18.9 Å². The van der Waals surface area contributed by atoms with Gasteiger partial charge < -0.3 is 10.2 Å². The predicted octanol–water partition coefficient (Wildman–Crippen LogP) is 2.00. The van der Waals surface area contributed by atoms with Crippen molar-refractivity contribution in [3.63, 3.8) is 0 Å². The number of amides is 1. The molecule has 0 spiro atoms. The van der Waals surface area contributed by atoms with Crippen LogP contribution < -0.4 is 5.32 Å². The molecule has 2 rings (SSSR count). The van der Waals surface area contributed by atoms with Gasteiger partial charge in [-0.2, -0.15) is 0 Å². The van der Waals surface area contributed by atoms with E-state index in [-0.39, 0.29) is 11.8 Å². The minimum absolute atomic E-state index is 0.00625. The Morgan fingerprint density at radius 3 is 2.78 bits per heavy atom. The van der Waals surface area contributed by atoms with E-state index in [0.717, 1.165) is 31.6 Å². The Labute approximate surface area is 109 Å². The molecule has 1 fully saturated rings. The Morgan fingerprint density at radius 2 is 2.17 bits per heavy atom. The number of carbonyl (C=O) groups is 1. The van der Waals surface area contributed by atoms with E-state index in [1.165, 1.54) is 0 Å². The van der Waals surface area contributed by atoms with Gasteiger partial charge in [-0.3, -0.25) is 4.79 Å². The first-order chi connectivity index (χ1) is 8.74. The summed E-state index contributed by atoms with van der Waals surface area (Å²) < 4.78 is 0. The van der Waals surface area contributed by atoms with Crippen LogP contribution in [0, 0.1) is 0 Å². The first-order valence-electron chi connectivity index (χ1n) is 6.80. The zero-order chi connectivity index (χ0) is 13.0. The summed E-state index contributed by atoms with van der Waals surface area (Å²) in [7, 11) is 0. The standard InChI is InChI=1S/C15H22N2O/c1-3-14(13-7-5-4-6-8-13)15(18)17-10-9-16-11-12(17)2/h4-8,12,14,16H,3,9-11H2,1-2H3/t12-,14-/m0/s1. The molecule has 3 heteroatoms. The van der Waals surface area contributed by atoms with E-state index in [0.29, 0.717) is 6.04 Å². The van der Waals surface area contributed by atoms with Crippen molar-refractivity contribution < 1.29 is 4.79 Å². The fraction of sp³-hybridized carbons (Fsp3) is 0.533. The molecule has 3 nitrogen and oxygen atoms in total. The van der Waals surface area contributed by atoms with Crippen LogP contribution in [0.1, 0.15) is 31.7 Å². The zero-order valence-corrected chi connectivity index (χ0v) is 11.2. The first-order valence-corrected chi connectivity index (χ1v) is 6.80. The maximum Gasteiger partial charge on any atom is 0.230 e. The fourth-order valence-electron chi connectivity index (χ4n) is 2.61. The van der Waals surface area contributed by atoms with Gasteiger partial charge in [0.05, 0.1) is 5.92 Å². The molecule has 0 aromatic heterocycles. The van der Waals surface area contributed by atoms with Crippen LogP contribution in [-0.4, -0.2) is 36.5 Å². The van der Waals surface area contributed by atoms with Crippen LogP contribution in [-0.2, 0) is 4.79 Å². The van der Waals surface area contributed by atoms with Crippen LogP contribution in [0.15, 0.2) is 30.3 Å². The lowest BCUT2D eigenvalue weighted by atomic mass is 9.94. The van der Waals surface area contributed by atoms with Gasteiger partial charge in [0.25, 0.3) is 0 Å². The van der Waals surface area contributed by atoms with Gasteiger partial charge in [0.15, 0.2) is 0 Å². The van der Waals surface area contributed by atoms with E-state index in [2.05, 4.69) is 31.3 Å². The molecule has 0 bridgehead atoms. The van der Waals surface area contributed by atoms with Crippen molar-refractivity contribution >= 4 is 5.91 Å². The fourth-order valence-corrected chi connectivity index (χ4v) is 2.61. The van der Waals surface area contributed by atoms with E-state index in [1.54, 1.807) is 0 Å². The van der Waals surface area contributed by atoms with Crippen LogP contribution >= 0.6 is 0 Å². The highest BCUT2D eigenvalue weighted by Crippen LogP contribution is 2.23. The Hall–Kier alpha value is -1.35. The number of hydrogen-bond acceptors (Lipinski definition) is 2. The van der Waals surface area contributed by atoms with Crippen molar-refractivity contribution in [3.8, 4) is 0 Å². The average molecular weight is 246 g/mol. The Bertz CT molecular complexity index is 391. The van der Waals surface area contributed by atoms with Gasteiger partial charge in [0.1, 0.15) is 0 Å². The van der Waals surface area contributed by atoms with Crippen molar-refractivity contribution in [2.45, 2.75) is 32.2 Å². The van der Waals surface area contributed by atoms with Gasteiger partial charge >= 0.3 is 0 Å². The van der Waals surface area contributed by atoms with Crippen LogP contribution in [0.25, 0.3) is 0 Å². The predicted molar refractivity (Wildman–Crippen MR) is 73.5 cm³/mol. The van der Waals surface area contributed by atoms with E-state index < -0.39 is 0 Å². The Balaban J connectivity index is 2.15. The summed E-state index contributed by atoms with van der Waals surface area (Å²) in [6.45, 7) is 6.83. The molecule has 0 radical (unpaired) electrons. The molecule has 1 N–H and O–H groups in total. The Morgan fingerprint density at radius 1 is 1.44 bits per heavy atom. The topological polar surface area (TPSA) is 32.3 Å². The first kappa shape index (κ1) is 13.1. The SMILES string of the molecule is CC[C@H](C(=O)N1CCNC[C@@H]1C)c1ccccc1. The second-order valence-electron chi connectivity index (χ2n) is 4.96. The highest BCUT2D eigenvalue weighted by molar-refractivity contribution is 5.84. The highest BCUT2D eigenvalue weighted by atomic mass is 16.2. The van der Waals surface area contributed by atoms with Crippen molar-refractivity contribution in [3.05, 3.63) is 35.9 Å². The molecule has 1 heterocycles. The third kappa shape index (κ3) is 2.72. The molecule has 18 heavy (non-hydrogen) atoms. The van der Waals surface area contributed by atoms with Crippen molar-refractivity contribution in [1.29, 1.82) is 0 Å². The molecular formula is C15H22N2O. The number of rotatable bonds is 3. The van der Waals surface area contributed by atoms with Crippen LogP contribution in [0.4, 0.5) is 0 Å². The lowest BCUT2D eigenvalue weighted by Crippen LogP contribution is -2.53. The summed E-state index contributed by atoms with van der Waals surface area (Å²) in [6.07, 6.45) is 0.861. The number of piperazine rings is 1. The molecule has 1 aliphatic rings. The summed E-state index contributed by atoms with van der Waals surface area (Å²) in [5.74, 6) is 0.282. The second kappa shape index (κ2) is 6.01. The smallest absolute Gasteiger partial charge is 0.230 e. The number of nitrogens with one attached hydrogen (secondary N) is 1. The van der Waals surface area contributed by atoms with E-state index >= 15 is 0 Å². The van der Waals surface area contributed by atoms with E-state index in [4.69, 9.17) is 0 Å². The maximum atomic E-state index is 12.6. The normalized spacial score (nSPS) is 21.7. The Kier molecular flexibility index (Phi) is 4.37. The van der Waals surface area contributed by atoms with Crippen LogP contribution in [0.2, 0.25) is 0 Å².